The number of nitrogens with two attached hydrogens (primary N) is 1. The van der Waals surface area contributed by atoms with Crippen molar-refractivity contribution in [1.82, 2.24) is 0 Å². The van der Waals surface area contributed by atoms with Crippen molar-refractivity contribution in [1.29, 1.82) is 0 Å². The summed E-state index contributed by atoms with van der Waals surface area (Å²) in [6.45, 7) is 5.26. The van der Waals surface area contributed by atoms with Crippen LogP contribution in [0.25, 0.3) is 0 Å². The second kappa shape index (κ2) is 8.91. The minimum Gasteiger partial charge on any atom is -0.491 e. The van der Waals surface area contributed by atoms with E-state index >= 15 is 0 Å². The molecule has 1 aromatic rings. The van der Waals surface area contributed by atoms with Gasteiger partial charge in [0.25, 0.3) is 0 Å². The number of rotatable bonds is 9. The predicted molar refractivity (Wildman–Crippen MR) is 76.3 cm³/mol. The molecule has 0 saturated carbocycles. The Hall–Kier alpha value is -1.10. The number of hydrogen-bond acceptors (Lipinski definition) is 4. The van der Waals surface area contributed by atoms with Gasteiger partial charge in [-0.25, -0.2) is 0 Å². The smallest absolute Gasteiger partial charge is 0.119 e. The molecule has 0 saturated heterocycles. The molecule has 108 valence electrons. The molecule has 0 fully saturated rings. The first-order valence-electron chi connectivity index (χ1n) is 6.87. The van der Waals surface area contributed by atoms with E-state index in [1.807, 2.05) is 31.2 Å². The highest BCUT2D eigenvalue weighted by atomic mass is 16.5. The standard InChI is InChI=1S/C15H25NO3/c1-3-4-8-18-10-14(17)11-19-15-7-5-6-13(9-15)12(2)16/h5-7,9,12,14,17H,3-4,8,10-11,16H2,1-2H3/t12-,14?/m0/s1. The zero-order chi connectivity index (χ0) is 14.1. The maximum absolute atomic E-state index is 9.71. The van der Waals surface area contributed by atoms with E-state index in [1.165, 1.54) is 0 Å². The average Bonchev–Trinajstić information content (AvgIpc) is 2.41. The first-order valence-corrected chi connectivity index (χ1v) is 6.87. The fraction of sp³-hybridized carbons (Fsp3) is 0.600. The summed E-state index contributed by atoms with van der Waals surface area (Å²) in [7, 11) is 0. The Balaban J connectivity index is 2.29. The molecule has 3 N–H and O–H groups in total. The zero-order valence-electron chi connectivity index (χ0n) is 11.8. The Kier molecular flexibility index (Phi) is 7.48. The second-order valence-electron chi connectivity index (χ2n) is 4.75. The van der Waals surface area contributed by atoms with Gasteiger partial charge in [-0.3, -0.25) is 0 Å². The number of benzene rings is 1. The van der Waals surface area contributed by atoms with Gasteiger partial charge in [-0.1, -0.05) is 25.5 Å². The highest BCUT2D eigenvalue weighted by Gasteiger charge is 2.06. The molecule has 4 nitrogen and oxygen atoms in total. The molecule has 0 bridgehead atoms. The van der Waals surface area contributed by atoms with Crippen molar-refractivity contribution >= 4 is 0 Å². The van der Waals surface area contributed by atoms with Crippen molar-refractivity contribution in [2.45, 2.75) is 38.8 Å². The Bertz CT molecular complexity index is 355. The van der Waals surface area contributed by atoms with Crippen molar-refractivity contribution in [2.24, 2.45) is 5.73 Å². The van der Waals surface area contributed by atoms with Crippen LogP contribution in [0.1, 0.15) is 38.3 Å². The third-order valence-corrected chi connectivity index (χ3v) is 2.78. The SMILES string of the molecule is CCCCOCC(O)COc1cccc([C@H](C)N)c1. The largest absolute Gasteiger partial charge is 0.491 e. The van der Waals surface area contributed by atoms with Crippen LogP contribution in [0.3, 0.4) is 0 Å². The predicted octanol–water partition coefficient (Wildman–Crippen LogP) is 2.26. The van der Waals surface area contributed by atoms with Gasteiger partial charge in [0.1, 0.15) is 18.5 Å². The van der Waals surface area contributed by atoms with Crippen LogP contribution >= 0.6 is 0 Å². The summed E-state index contributed by atoms with van der Waals surface area (Å²) in [5, 5.41) is 9.71. The molecule has 0 amide bonds. The molecule has 1 unspecified atom stereocenters. The molecule has 19 heavy (non-hydrogen) atoms. The van der Waals surface area contributed by atoms with Gasteiger partial charge in [-0.2, -0.15) is 0 Å². The highest BCUT2D eigenvalue weighted by Crippen LogP contribution is 2.17. The number of unbranched alkanes of at least 4 members (excludes halogenated alkanes) is 1. The van der Waals surface area contributed by atoms with Gasteiger partial charge in [-0.15, -0.1) is 0 Å². The van der Waals surface area contributed by atoms with Gasteiger partial charge in [0.2, 0.25) is 0 Å². The van der Waals surface area contributed by atoms with Crippen LogP contribution < -0.4 is 10.5 Å². The van der Waals surface area contributed by atoms with Crippen molar-refractivity contribution in [2.75, 3.05) is 19.8 Å². The van der Waals surface area contributed by atoms with E-state index in [-0.39, 0.29) is 12.6 Å². The molecular weight excluding hydrogens is 242 g/mol. The summed E-state index contributed by atoms with van der Waals surface area (Å²) in [6.07, 6.45) is 1.51. The Labute approximate surface area is 115 Å². The highest BCUT2D eigenvalue weighted by molar-refractivity contribution is 5.30. The van der Waals surface area contributed by atoms with Crippen LogP contribution in [-0.4, -0.2) is 31.0 Å². The minimum atomic E-state index is -0.601. The van der Waals surface area contributed by atoms with Crippen molar-refractivity contribution < 1.29 is 14.6 Å². The lowest BCUT2D eigenvalue weighted by Gasteiger charge is -2.14. The van der Waals surface area contributed by atoms with Gasteiger partial charge in [-0.05, 0) is 31.0 Å². The number of aliphatic hydroxyl groups excluding tert-OH is 1. The number of ether oxygens (including phenoxy) is 2. The van der Waals surface area contributed by atoms with E-state index in [1.54, 1.807) is 0 Å². The van der Waals surface area contributed by atoms with Crippen LogP contribution in [0.15, 0.2) is 24.3 Å². The maximum atomic E-state index is 9.71. The van der Waals surface area contributed by atoms with E-state index in [2.05, 4.69) is 6.92 Å². The first kappa shape index (κ1) is 16.0. The molecule has 0 spiro atoms. The fourth-order valence-electron chi connectivity index (χ4n) is 1.59. The van der Waals surface area contributed by atoms with Crippen LogP contribution in [0.2, 0.25) is 0 Å². The van der Waals surface area contributed by atoms with E-state index in [0.29, 0.717) is 13.2 Å². The third kappa shape index (κ3) is 6.57. The van der Waals surface area contributed by atoms with Crippen LogP contribution in [0.5, 0.6) is 5.75 Å². The maximum Gasteiger partial charge on any atom is 0.119 e. The summed E-state index contributed by atoms with van der Waals surface area (Å²) in [6, 6.07) is 7.59. The summed E-state index contributed by atoms with van der Waals surface area (Å²) in [5.41, 5.74) is 6.83. The lowest BCUT2D eigenvalue weighted by Crippen LogP contribution is -2.23. The minimum absolute atomic E-state index is 0.0224. The summed E-state index contributed by atoms with van der Waals surface area (Å²) >= 11 is 0. The summed E-state index contributed by atoms with van der Waals surface area (Å²) in [5.74, 6) is 0.724. The molecule has 0 aliphatic heterocycles. The van der Waals surface area contributed by atoms with Gasteiger partial charge in [0.15, 0.2) is 0 Å². The van der Waals surface area contributed by atoms with Crippen LogP contribution in [0.4, 0.5) is 0 Å². The third-order valence-electron chi connectivity index (χ3n) is 2.78. The van der Waals surface area contributed by atoms with E-state index in [9.17, 15) is 5.11 Å². The molecule has 1 aromatic carbocycles. The summed E-state index contributed by atoms with van der Waals surface area (Å²) < 4.78 is 10.9. The molecule has 0 aromatic heterocycles. The normalized spacial score (nSPS) is 14.1. The molecular formula is C15H25NO3. The molecule has 2 atom stereocenters. The van der Waals surface area contributed by atoms with Crippen LogP contribution in [-0.2, 0) is 4.74 Å². The van der Waals surface area contributed by atoms with E-state index in [0.717, 1.165) is 24.2 Å². The van der Waals surface area contributed by atoms with Gasteiger partial charge >= 0.3 is 0 Å². The second-order valence-corrected chi connectivity index (χ2v) is 4.75. The number of hydrogen-bond donors (Lipinski definition) is 2. The van der Waals surface area contributed by atoms with E-state index in [4.69, 9.17) is 15.2 Å². The van der Waals surface area contributed by atoms with Gasteiger partial charge in [0.05, 0.1) is 6.61 Å². The number of aliphatic hydroxyl groups is 1. The molecule has 4 heteroatoms. The molecule has 1 rings (SSSR count). The Morgan fingerprint density at radius 1 is 1.32 bits per heavy atom. The van der Waals surface area contributed by atoms with Gasteiger partial charge in [0, 0.05) is 12.6 Å². The van der Waals surface area contributed by atoms with Crippen molar-refractivity contribution in [3.05, 3.63) is 29.8 Å². The quantitative estimate of drug-likeness (QED) is 0.674. The van der Waals surface area contributed by atoms with Crippen molar-refractivity contribution in [3.8, 4) is 5.75 Å². The topological polar surface area (TPSA) is 64.7 Å². The van der Waals surface area contributed by atoms with Gasteiger partial charge < -0.3 is 20.3 Å². The lowest BCUT2D eigenvalue weighted by atomic mass is 10.1. The molecule has 0 heterocycles. The van der Waals surface area contributed by atoms with Crippen LogP contribution in [0, 0.1) is 0 Å². The average molecular weight is 267 g/mol. The lowest BCUT2D eigenvalue weighted by molar-refractivity contribution is 0.0113. The first-order chi connectivity index (χ1) is 9.13. The summed E-state index contributed by atoms with van der Waals surface area (Å²) in [4.78, 5) is 0. The fourth-order valence-corrected chi connectivity index (χ4v) is 1.59. The van der Waals surface area contributed by atoms with E-state index < -0.39 is 6.10 Å². The molecule has 0 aliphatic carbocycles. The molecule has 0 radical (unpaired) electrons. The molecule has 0 aliphatic rings. The van der Waals surface area contributed by atoms with Crippen molar-refractivity contribution in [3.63, 3.8) is 0 Å². The zero-order valence-corrected chi connectivity index (χ0v) is 11.8. The Morgan fingerprint density at radius 3 is 2.79 bits per heavy atom. The Morgan fingerprint density at radius 2 is 2.11 bits per heavy atom. The monoisotopic (exact) mass is 267 g/mol.